The van der Waals surface area contributed by atoms with Gasteiger partial charge in [-0.25, -0.2) is 0 Å². The molecule has 0 saturated carbocycles. The Labute approximate surface area is 90.2 Å². The third-order valence-electron chi connectivity index (χ3n) is 2.51. The Morgan fingerprint density at radius 3 is 2.67 bits per heavy atom. The van der Waals surface area contributed by atoms with Crippen LogP contribution in [-0.2, 0) is 0 Å². The van der Waals surface area contributed by atoms with Crippen LogP contribution in [0.1, 0.15) is 37.7 Å². The first-order valence-corrected chi connectivity index (χ1v) is 5.29. The average molecular weight is 209 g/mol. The molecule has 1 rings (SSSR count). The molecular formula is C11H19N3O. The van der Waals surface area contributed by atoms with E-state index >= 15 is 0 Å². The van der Waals surface area contributed by atoms with Crippen molar-refractivity contribution in [1.82, 2.24) is 10.3 Å². The molecule has 4 nitrogen and oxygen atoms in total. The zero-order chi connectivity index (χ0) is 11.4. The number of rotatable bonds is 4. The average Bonchev–Trinajstić information content (AvgIpc) is 2.60. The number of hydrogen-bond donors (Lipinski definition) is 3. The van der Waals surface area contributed by atoms with Crippen LogP contribution in [0.4, 0.5) is 5.69 Å². The van der Waals surface area contributed by atoms with E-state index in [2.05, 4.69) is 31.1 Å². The third-order valence-corrected chi connectivity index (χ3v) is 2.51. The van der Waals surface area contributed by atoms with Crippen molar-refractivity contribution in [2.45, 2.75) is 33.2 Å². The summed E-state index contributed by atoms with van der Waals surface area (Å²) in [6, 6.07) is 1.85. The van der Waals surface area contributed by atoms with Crippen LogP contribution in [0.15, 0.2) is 12.3 Å². The second kappa shape index (κ2) is 4.87. The Kier molecular flexibility index (Phi) is 3.77. The molecule has 1 heterocycles. The molecule has 0 bridgehead atoms. The fourth-order valence-corrected chi connectivity index (χ4v) is 1.53. The predicted octanol–water partition coefficient (Wildman–Crippen LogP) is 1.76. The summed E-state index contributed by atoms with van der Waals surface area (Å²) in [5, 5.41) is 2.97. The molecule has 4 heteroatoms. The highest BCUT2D eigenvalue weighted by atomic mass is 16.1. The fraction of sp³-hybridized carbons (Fsp3) is 0.545. The highest BCUT2D eigenvalue weighted by molar-refractivity contribution is 5.93. The standard InChI is InChI=1S/C11H19N3O/c1-4-9(7(2)3)14-11(15)10-5-8(12)6-13-10/h5-7,9,13H,4,12H2,1-3H3,(H,14,15). The maximum absolute atomic E-state index is 11.7. The van der Waals surface area contributed by atoms with Crippen molar-refractivity contribution < 1.29 is 4.79 Å². The monoisotopic (exact) mass is 209 g/mol. The minimum absolute atomic E-state index is 0.0905. The lowest BCUT2D eigenvalue weighted by molar-refractivity contribution is 0.0920. The Bertz CT molecular complexity index is 330. The van der Waals surface area contributed by atoms with E-state index in [0.29, 0.717) is 17.3 Å². The summed E-state index contributed by atoms with van der Waals surface area (Å²) < 4.78 is 0. The number of nitrogen functional groups attached to an aromatic ring is 1. The first-order valence-electron chi connectivity index (χ1n) is 5.29. The molecule has 0 radical (unpaired) electrons. The molecule has 0 spiro atoms. The van der Waals surface area contributed by atoms with E-state index in [-0.39, 0.29) is 11.9 Å². The third kappa shape index (κ3) is 3.01. The lowest BCUT2D eigenvalue weighted by atomic mass is 10.0. The van der Waals surface area contributed by atoms with Crippen LogP contribution in [0, 0.1) is 5.92 Å². The van der Waals surface area contributed by atoms with Gasteiger partial charge in [-0.2, -0.15) is 0 Å². The van der Waals surface area contributed by atoms with Gasteiger partial charge in [-0.15, -0.1) is 0 Å². The predicted molar refractivity (Wildman–Crippen MR) is 61.6 cm³/mol. The number of H-pyrrole nitrogens is 1. The highest BCUT2D eigenvalue weighted by Gasteiger charge is 2.15. The van der Waals surface area contributed by atoms with Crippen molar-refractivity contribution in [1.29, 1.82) is 0 Å². The van der Waals surface area contributed by atoms with Gasteiger partial charge in [-0.3, -0.25) is 4.79 Å². The van der Waals surface area contributed by atoms with Gasteiger partial charge in [0.05, 0.1) is 0 Å². The quantitative estimate of drug-likeness (QED) is 0.707. The zero-order valence-corrected chi connectivity index (χ0v) is 9.50. The topological polar surface area (TPSA) is 70.9 Å². The number of carbonyl (C=O) groups is 1. The molecule has 1 aromatic rings. The first-order chi connectivity index (χ1) is 7.04. The van der Waals surface area contributed by atoms with Gasteiger partial charge >= 0.3 is 0 Å². The van der Waals surface area contributed by atoms with Crippen molar-refractivity contribution in [3.8, 4) is 0 Å². The van der Waals surface area contributed by atoms with Crippen molar-refractivity contribution in [3.05, 3.63) is 18.0 Å². The maximum Gasteiger partial charge on any atom is 0.267 e. The van der Waals surface area contributed by atoms with Crippen molar-refractivity contribution in [3.63, 3.8) is 0 Å². The van der Waals surface area contributed by atoms with E-state index in [1.54, 1.807) is 12.3 Å². The number of amides is 1. The minimum atomic E-state index is -0.0905. The number of carbonyl (C=O) groups excluding carboxylic acids is 1. The zero-order valence-electron chi connectivity index (χ0n) is 9.50. The van der Waals surface area contributed by atoms with Gasteiger partial charge < -0.3 is 16.0 Å². The molecular weight excluding hydrogens is 190 g/mol. The molecule has 1 amide bonds. The molecule has 1 aromatic heterocycles. The van der Waals surface area contributed by atoms with E-state index < -0.39 is 0 Å². The van der Waals surface area contributed by atoms with Crippen LogP contribution >= 0.6 is 0 Å². The van der Waals surface area contributed by atoms with Crippen LogP contribution in [0.3, 0.4) is 0 Å². The van der Waals surface area contributed by atoms with Crippen LogP contribution in [-0.4, -0.2) is 16.9 Å². The smallest absolute Gasteiger partial charge is 0.267 e. The second-order valence-corrected chi connectivity index (χ2v) is 4.08. The summed E-state index contributed by atoms with van der Waals surface area (Å²) in [5.41, 5.74) is 6.63. The molecule has 4 N–H and O–H groups in total. The van der Waals surface area contributed by atoms with E-state index in [1.807, 2.05) is 0 Å². The summed E-state index contributed by atoms with van der Waals surface area (Å²) >= 11 is 0. The molecule has 15 heavy (non-hydrogen) atoms. The highest BCUT2D eigenvalue weighted by Crippen LogP contribution is 2.08. The summed E-state index contributed by atoms with van der Waals surface area (Å²) in [5.74, 6) is 0.346. The number of anilines is 1. The van der Waals surface area contributed by atoms with Gasteiger partial charge in [0.25, 0.3) is 5.91 Å². The first kappa shape index (κ1) is 11.6. The van der Waals surface area contributed by atoms with Crippen LogP contribution < -0.4 is 11.1 Å². The van der Waals surface area contributed by atoms with Gasteiger partial charge in [-0.1, -0.05) is 20.8 Å². The second-order valence-electron chi connectivity index (χ2n) is 4.08. The fourth-order valence-electron chi connectivity index (χ4n) is 1.53. The van der Waals surface area contributed by atoms with Gasteiger partial charge in [0.1, 0.15) is 5.69 Å². The summed E-state index contributed by atoms with van der Waals surface area (Å²) in [6.45, 7) is 6.25. The Morgan fingerprint density at radius 1 is 1.60 bits per heavy atom. The van der Waals surface area contributed by atoms with Crippen molar-refractivity contribution >= 4 is 11.6 Å². The molecule has 0 saturated heterocycles. The Morgan fingerprint density at radius 2 is 2.27 bits per heavy atom. The molecule has 0 fully saturated rings. The lowest BCUT2D eigenvalue weighted by Crippen LogP contribution is -2.38. The van der Waals surface area contributed by atoms with Crippen LogP contribution in [0.2, 0.25) is 0 Å². The summed E-state index contributed by atoms with van der Waals surface area (Å²) in [4.78, 5) is 14.6. The SMILES string of the molecule is CCC(NC(=O)c1cc(N)c[nH]1)C(C)C. The van der Waals surface area contributed by atoms with Crippen molar-refractivity contribution in [2.24, 2.45) is 5.92 Å². The number of aromatic nitrogens is 1. The lowest BCUT2D eigenvalue weighted by Gasteiger charge is -2.20. The van der Waals surface area contributed by atoms with E-state index in [9.17, 15) is 4.79 Å². The molecule has 0 aliphatic heterocycles. The molecule has 84 valence electrons. The van der Waals surface area contributed by atoms with Gasteiger partial charge in [-0.05, 0) is 18.4 Å². The molecule has 0 aliphatic rings. The Hall–Kier alpha value is -1.45. The summed E-state index contributed by atoms with van der Waals surface area (Å²) in [7, 11) is 0. The van der Waals surface area contributed by atoms with Gasteiger partial charge in [0.15, 0.2) is 0 Å². The molecule has 1 atom stereocenters. The normalized spacial score (nSPS) is 12.8. The van der Waals surface area contributed by atoms with Crippen molar-refractivity contribution in [2.75, 3.05) is 5.73 Å². The number of nitrogens with one attached hydrogen (secondary N) is 2. The summed E-state index contributed by atoms with van der Waals surface area (Å²) in [6.07, 6.45) is 2.55. The van der Waals surface area contributed by atoms with E-state index in [0.717, 1.165) is 6.42 Å². The Balaban J connectivity index is 2.62. The van der Waals surface area contributed by atoms with E-state index in [1.165, 1.54) is 0 Å². The molecule has 1 unspecified atom stereocenters. The van der Waals surface area contributed by atoms with Gasteiger partial charge in [0.2, 0.25) is 0 Å². The number of nitrogens with two attached hydrogens (primary N) is 1. The minimum Gasteiger partial charge on any atom is -0.397 e. The van der Waals surface area contributed by atoms with E-state index in [4.69, 9.17) is 5.73 Å². The van der Waals surface area contributed by atoms with Gasteiger partial charge in [0, 0.05) is 17.9 Å². The number of aromatic amines is 1. The molecule has 0 aliphatic carbocycles. The van der Waals surface area contributed by atoms with Crippen LogP contribution in [0.5, 0.6) is 0 Å². The molecule has 0 aromatic carbocycles. The largest absolute Gasteiger partial charge is 0.397 e. The number of hydrogen-bond acceptors (Lipinski definition) is 2. The maximum atomic E-state index is 11.7. The van der Waals surface area contributed by atoms with Crippen LogP contribution in [0.25, 0.3) is 0 Å².